The summed E-state index contributed by atoms with van der Waals surface area (Å²) in [5, 5.41) is 13.3. The van der Waals surface area contributed by atoms with Crippen molar-refractivity contribution in [3.63, 3.8) is 0 Å². The summed E-state index contributed by atoms with van der Waals surface area (Å²) >= 11 is 0. The van der Waals surface area contributed by atoms with Crippen molar-refractivity contribution in [1.82, 2.24) is 14.8 Å². The average molecular weight is 212 g/mol. The van der Waals surface area contributed by atoms with Crippen LogP contribution in [-0.4, -0.2) is 14.8 Å². The molecular weight excluding hydrogens is 200 g/mol. The molecule has 0 spiro atoms. The van der Waals surface area contributed by atoms with Crippen molar-refractivity contribution in [2.75, 3.05) is 0 Å². The van der Waals surface area contributed by atoms with Gasteiger partial charge in [0.05, 0.1) is 18.2 Å². The first-order valence-electron chi connectivity index (χ1n) is 5.07. The van der Waals surface area contributed by atoms with Crippen LogP contribution in [0.15, 0.2) is 24.3 Å². The van der Waals surface area contributed by atoms with Gasteiger partial charge in [-0.2, -0.15) is 10.4 Å². The van der Waals surface area contributed by atoms with E-state index >= 15 is 0 Å². The molecule has 0 saturated carbocycles. The predicted molar refractivity (Wildman–Crippen MR) is 59.8 cm³/mol. The van der Waals surface area contributed by atoms with E-state index in [2.05, 4.69) is 16.2 Å². The third-order valence-electron chi connectivity index (χ3n) is 2.42. The Balaban J connectivity index is 2.34. The maximum absolute atomic E-state index is 8.98. The highest BCUT2D eigenvalue weighted by Crippen LogP contribution is 2.10. The third kappa shape index (κ3) is 1.94. The summed E-state index contributed by atoms with van der Waals surface area (Å²) in [5.41, 5.74) is 1.66. The van der Waals surface area contributed by atoms with Gasteiger partial charge in [0.15, 0.2) is 0 Å². The van der Waals surface area contributed by atoms with Gasteiger partial charge in [0, 0.05) is 0 Å². The van der Waals surface area contributed by atoms with E-state index in [1.165, 1.54) is 0 Å². The minimum atomic E-state index is 0.594. The average Bonchev–Trinajstić information content (AvgIpc) is 2.58. The highest BCUT2D eigenvalue weighted by Gasteiger charge is 2.06. The highest BCUT2D eigenvalue weighted by molar-refractivity contribution is 5.37. The van der Waals surface area contributed by atoms with E-state index in [0.717, 1.165) is 17.2 Å². The molecule has 4 heteroatoms. The van der Waals surface area contributed by atoms with Gasteiger partial charge in [-0.25, -0.2) is 9.67 Å². The van der Waals surface area contributed by atoms with E-state index in [4.69, 9.17) is 5.26 Å². The molecule has 0 atom stereocenters. The van der Waals surface area contributed by atoms with Crippen molar-refractivity contribution in [3.05, 3.63) is 47.0 Å². The van der Waals surface area contributed by atoms with Crippen LogP contribution in [0.1, 0.15) is 22.8 Å². The summed E-state index contributed by atoms with van der Waals surface area (Å²) in [6.45, 7) is 4.37. The van der Waals surface area contributed by atoms with Crippen LogP contribution >= 0.6 is 0 Å². The monoisotopic (exact) mass is 212 g/mol. The second-order valence-corrected chi connectivity index (χ2v) is 3.63. The molecule has 16 heavy (non-hydrogen) atoms. The Hall–Kier alpha value is -2.15. The molecule has 0 unspecified atom stereocenters. The number of rotatable bonds is 2. The number of hydrogen-bond acceptors (Lipinski definition) is 3. The second-order valence-electron chi connectivity index (χ2n) is 3.63. The first-order chi connectivity index (χ1) is 7.70. The van der Waals surface area contributed by atoms with Crippen molar-refractivity contribution < 1.29 is 0 Å². The summed E-state index contributed by atoms with van der Waals surface area (Å²) in [6, 6.07) is 9.72. The van der Waals surface area contributed by atoms with Crippen LogP contribution in [-0.2, 0) is 6.54 Å². The number of aromatic nitrogens is 3. The summed E-state index contributed by atoms with van der Waals surface area (Å²) in [5.74, 6) is 1.62. The maximum atomic E-state index is 8.98. The van der Waals surface area contributed by atoms with Gasteiger partial charge >= 0.3 is 0 Å². The number of benzene rings is 1. The van der Waals surface area contributed by atoms with E-state index in [1.807, 2.05) is 42.8 Å². The van der Waals surface area contributed by atoms with Crippen LogP contribution in [0, 0.1) is 25.2 Å². The molecule has 4 nitrogen and oxygen atoms in total. The molecule has 0 aliphatic rings. The molecule has 0 fully saturated rings. The van der Waals surface area contributed by atoms with Gasteiger partial charge in [-0.3, -0.25) is 0 Å². The van der Waals surface area contributed by atoms with Crippen molar-refractivity contribution in [2.45, 2.75) is 20.4 Å². The zero-order valence-corrected chi connectivity index (χ0v) is 9.31. The van der Waals surface area contributed by atoms with Crippen LogP contribution in [0.3, 0.4) is 0 Å². The maximum Gasteiger partial charge on any atom is 0.147 e. The molecule has 0 radical (unpaired) electrons. The summed E-state index contributed by atoms with van der Waals surface area (Å²) in [4.78, 5) is 4.23. The Kier molecular flexibility index (Phi) is 2.69. The molecule has 0 aliphatic carbocycles. The molecule has 0 bridgehead atoms. The second kappa shape index (κ2) is 4.15. The van der Waals surface area contributed by atoms with Gasteiger partial charge in [-0.15, -0.1) is 0 Å². The van der Waals surface area contributed by atoms with Crippen LogP contribution < -0.4 is 0 Å². The molecule has 1 aromatic heterocycles. The first kappa shape index (κ1) is 10.4. The number of aryl methyl sites for hydroxylation is 2. The van der Waals surface area contributed by atoms with Gasteiger partial charge in [0.1, 0.15) is 11.6 Å². The molecule has 1 aromatic carbocycles. The summed E-state index contributed by atoms with van der Waals surface area (Å²) < 4.78 is 1.81. The fraction of sp³-hybridized carbons (Fsp3) is 0.250. The van der Waals surface area contributed by atoms with Gasteiger partial charge in [-0.1, -0.05) is 18.2 Å². The SMILES string of the molecule is Cc1nc(C)n(Cc2ccccc2C#N)n1. The Labute approximate surface area is 94.2 Å². The number of hydrogen-bond donors (Lipinski definition) is 0. The number of nitriles is 1. The van der Waals surface area contributed by atoms with E-state index in [0.29, 0.717) is 12.1 Å². The van der Waals surface area contributed by atoms with E-state index in [9.17, 15) is 0 Å². The van der Waals surface area contributed by atoms with Crippen molar-refractivity contribution in [2.24, 2.45) is 0 Å². The minimum Gasteiger partial charge on any atom is -0.246 e. The molecular formula is C12H12N4. The normalized spacial score (nSPS) is 10.1. The summed E-state index contributed by atoms with van der Waals surface area (Å²) in [7, 11) is 0. The fourth-order valence-electron chi connectivity index (χ4n) is 1.64. The molecule has 1 heterocycles. The quantitative estimate of drug-likeness (QED) is 0.762. The zero-order valence-electron chi connectivity index (χ0n) is 9.31. The first-order valence-corrected chi connectivity index (χ1v) is 5.07. The predicted octanol–water partition coefficient (Wildman–Crippen LogP) is 1.81. The van der Waals surface area contributed by atoms with Crippen molar-refractivity contribution in [3.8, 4) is 6.07 Å². The zero-order chi connectivity index (χ0) is 11.5. The fourth-order valence-corrected chi connectivity index (χ4v) is 1.64. The molecule has 2 rings (SSSR count). The Morgan fingerprint density at radius 2 is 2.06 bits per heavy atom. The molecule has 0 amide bonds. The van der Waals surface area contributed by atoms with Gasteiger partial charge in [-0.05, 0) is 25.5 Å². The molecule has 0 aliphatic heterocycles. The van der Waals surface area contributed by atoms with Crippen LogP contribution in [0.2, 0.25) is 0 Å². The third-order valence-corrected chi connectivity index (χ3v) is 2.42. The van der Waals surface area contributed by atoms with Gasteiger partial charge < -0.3 is 0 Å². The van der Waals surface area contributed by atoms with Crippen LogP contribution in [0.4, 0.5) is 0 Å². The molecule has 2 aromatic rings. The summed E-state index contributed by atoms with van der Waals surface area (Å²) in [6.07, 6.45) is 0. The molecule has 0 N–H and O–H groups in total. The van der Waals surface area contributed by atoms with Gasteiger partial charge in [0.2, 0.25) is 0 Å². The van der Waals surface area contributed by atoms with Crippen molar-refractivity contribution in [1.29, 1.82) is 5.26 Å². The lowest BCUT2D eigenvalue weighted by Crippen LogP contribution is -2.05. The highest BCUT2D eigenvalue weighted by atomic mass is 15.3. The molecule has 0 saturated heterocycles. The van der Waals surface area contributed by atoms with E-state index in [1.54, 1.807) is 0 Å². The van der Waals surface area contributed by atoms with Crippen LogP contribution in [0.25, 0.3) is 0 Å². The van der Waals surface area contributed by atoms with Crippen LogP contribution in [0.5, 0.6) is 0 Å². The lowest BCUT2D eigenvalue weighted by atomic mass is 10.1. The van der Waals surface area contributed by atoms with Gasteiger partial charge in [0.25, 0.3) is 0 Å². The topological polar surface area (TPSA) is 54.5 Å². The molecule has 80 valence electrons. The Morgan fingerprint density at radius 1 is 1.31 bits per heavy atom. The Bertz CT molecular complexity index is 548. The lowest BCUT2D eigenvalue weighted by molar-refractivity contribution is 0.655. The largest absolute Gasteiger partial charge is 0.246 e. The smallest absolute Gasteiger partial charge is 0.147 e. The van der Waals surface area contributed by atoms with E-state index in [-0.39, 0.29) is 0 Å². The van der Waals surface area contributed by atoms with E-state index < -0.39 is 0 Å². The number of nitrogens with zero attached hydrogens (tertiary/aromatic N) is 4. The lowest BCUT2D eigenvalue weighted by Gasteiger charge is -2.04. The minimum absolute atomic E-state index is 0.594. The standard InChI is InChI=1S/C12H12N4/c1-9-14-10(2)16(15-9)8-12-6-4-3-5-11(12)7-13/h3-6H,8H2,1-2H3. The Morgan fingerprint density at radius 3 is 2.69 bits per heavy atom. The van der Waals surface area contributed by atoms with Crippen molar-refractivity contribution >= 4 is 0 Å².